The van der Waals surface area contributed by atoms with Gasteiger partial charge in [-0.05, 0) is 12.5 Å². The Balaban J connectivity index is 2.22. The van der Waals surface area contributed by atoms with E-state index in [-0.39, 0.29) is 0 Å². The average molecular weight is 243 g/mol. The van der Waals surface area contributed by atoms with E-state index in [0.29, 0.717) is 19.1 Å². The summed E-state index contributed by atoms with van der Waals surface area (Å²) in [7, 11) is 1.65. The first-order valence-electron chi connectivity index (χ1n) is 5.96. The van der Waals surface area contributed by atoms with Gasteiger partial charge in [0.2, 0.25) is 5.88 Å². The molecule has 94 valence electrons. The van der Waals surface area contributed by atoms with E-state index < -0.39 is 0 Å². The summed E-state index contributed by atoms with van der Waals surface area (Å²) in [6.07, 6.45) is 0. The molecule has 0 aliphatic carbocycles. The number of hydrogen-bond donors (Lipinski definition) is 0. The first-order chi connectivity index (χ1) is 8.81. The Morgan fingerprint density at radius 1 is 1.00 bits per heavy atom. The number of aromatic nitrogens is 1. The molecule has 0 unspecified atom stereocenters. The van der Waals surface area contributed by atoms with Crippen molar-refractivity contribution in [2.45, 2.75) is 6.92 Å². The molecule has 0 atom stereocenters. The molecule has 0 saturated heterocycles. The third-order valence-corrected chi connectivity index (χ3v) is 2.66. The van der Waals surface area contributed by atoms with Crippen molar-refractivity contribution in [3.8, 4) is 17.1 Å². The van der Waals surface area contributed by atoms with Crippen molar-refractivity contribution in [1.82, 2.24) is 4.98 Å². The number of aryl methyl sites for hydroxylation is 1. The highest BCUT2D eigenvalue weighted by Crippen LogP contribution is 2.23. The highest BCUT2D eigenvalue weighted by atomic mass is 16.5. The summed E-state index contributed by atoms with van der Waals surface area (Å²) in [4.78, 5) is 4.54. The summed E-state index contributed by atoms with van der Waals surface area (Å²) in [6.45, 7) is 3.13. The summed E-state index contributed by atoms with van der Waals surface area (Å²) in [5.74, 6) is 0.636. The fraction of sp³-hybridized carbons (Fsp3) is 0.267. The molecule has 0 aliphatic heterocycles. The maximum absolute atomic E-state index is 5.53. The zero-order valence-electron chi connectivity index (χ0n) is 10.7. The molecule has 0 N–H and O–H groups in total. The smallest absolute Gasteiger partial charge is 0.213 e. The molecule has 3 heteroatoms. The molecule has 0 amide bonds. The van der Waals surface area contributed by atoms with Gasteiger partial charge in [-0.25, -0.2) is 4.98 Å². The molecule has 0 fully saturated rings. The molecule has 2 rings (SSSR count). The molecule has 18 heavy (non-hydrogen) atoms. The van der Waals surface area contributed by atoms with Crippen molar-refractivity contribution < 1.29 is 9.47 Å². The molecule has 1 aromatic carbocycles. The number of benzene rings is 1. The number of methoxy groups -OCH3 is 1. The third-order valence-electron chi connectivity index (χ3n) is 2.66. The lowest BCUT2D eigenvalue weighted by Crippen LogP contribution is -2.05. The second-order valence-corrected chi connectivity index (χ2v) is 4.02. The standard InChI is InChI=1S/C15H17NO2/c1-12-8-9-14(18-11-10-17-2)16-15(12)13-6-4-3-5-7-13/h3-9H,10-11H2,1-2H3. The van der Waals surface area contributed by atoms with E-state index in [4.69, 9.17) is 9.47 Å². The second kappa shape index (κ2) is 6.17. The van der Waals surface area contributed by atoms with Gasteiger partial charge in [0, 0.05) is 18.7 Å². The number of ether oxygens (including phenoxy) is 2. The van der Waals surface area contributed by atoms with Crippen LogP contribution in [-0.2, 0) is 4.74 Å². The first kappa shape index (κ1) is 12.6. The van der Waals surface area contributed by atoms with E-state index in [1.807, 2.05) is 49.4 Å². The zero-order valence-corrected chi connectivity index (χ0v) is 10.7. The van der Waals surface area contributed by atoms with E-state index in [2.05, 4.69) is 4.98 Å². The van der Waals surface area contributed by atoms with Gasteiger partial charge in [-0.15, -0.1) is 0 Å². The zero-order chi connectivity index (χ0) is 12.8. The number of hydrogen-bond acceptors (Lipinski definition) is 3. The Labute approximate surface area is 107 Å². The molecular formula is C15H17NO2. The highest BCUT2D eigenvalue weighted by Gasteiger charge is 2.05. The van der Waals surface area contributed by atoms with Gasteiger partial charge in [0.1, 0.15) is 6.61 Å². The summed E-state index contributed by atoms with van der Waals surface area (Å²) in [5, 5.41) is 0. The fourth-order valence-corrected chi connectivity index (χ4v) is 1.71. The van der Waals surface area contributed by atoms with E-state index in [1.54, 1.807) is 7.11 Å². The highest BCUT2D eigenvalue weighted by molar-refractivity contribution is 5.63. The van der Waals surface area contributed by atoms with Crippen LogP contribution < -0.4 is 4.74 Å². The van der Waals surface area contributed by atoms with Gasteiger partial charge in [-0.2, -0.15) is 0 Å². The Morgan fingerprint density at radius 2 is 1.78 bits per heavy atom. The summed E-state index contributed by atoms with van der Waals surface area (Å²) >= 11 is 0. The van der Waals surface area contributed by atoms with Crippen LogP contribution in [0, 0.1) is 6.92 Å². The topological polar surface area (TPSA) is 31.4 Å². The van der Waals surface area contributed by atoms with Gasteiger partial charge in [0.05, 0.1) is 12.3 Å². The van der Waals surface area contributed by atoms with Crippen LogP contribution in [-0.4, -0.2) is 25.3 Å². The van der Waals surface area contributed by atoms with Gasteiger partial charge in [0.25, 0.3) is 0 Å². The lowest BCUT2D eigenvalue weighted by molar-refractivity contribution is 0.144. The molecule has 0 saturated carbocycles. The fourth-order valence-electron chi connectivity index (χ4n) is 1.71. The van der Waals surface area contributed by atoms with Crippen molar-refractivity contribution in [3.63, 3.8) is 0 Å². The minimum absolute atomic E-state index is 0.515. The van der Waals surface area contributed by atoms with Crippen LogP contribution in [0.15, 0.2) is 42.5 Å². The van der Waals surface area contributed by atoms with E-state index in [1.165, 1.54) is 0 Å². The predicted octanol–water partition coefficient (Wildman–Crippen LogP) is 3.08. The SMILES string of the molecule is COCCOc1ccc(C)c(-c2ccccc2)n1. The minimum atomic E-state index is 0.515. The lowest BCUT2D eigenvalue weighted by Gasteiger charge is -2.09. The van der Waals surface area contributed by atoms with Crippen LogP contribution in [0.3, 0.4) is 0 Å². The minimum Gasteiger partial charge on any atom is -0.475 e. The van der Waals surface area contributed by atoms with E-state index in [9.17, 15) is 0 Å². The third kappa shape index (κ3) is 3.08. The Morgan fingerprint density at radius 3 is 2.50 bits per heavy atom. The number of rotatable bonds is 5. The lowest BCUT2D eigenvalue weighted by atomic mass is 10.1. The van der Waals surface area contributed by atoms with Gasteiger partial charge < -0.3 is 9.47 Å². The van der Waals surface area contributed by atoms with Gasteiger partial charge >= 0.3 is 0 Å². The van der Waals surface area contributed by atoms with Crippen molar-refractivity contribution >= 4 is 0 Å². The molecule has 1 heterocycles. The molecule has 1 aromatic heterocycles. The quantitative estimate of drug-likeness (QED) is 0.756. The maximum Gasteiger partial charge on any atom is 0.213 e. The number of nitrogens with zero attached hydrogens (tertiary/aromatic N) is 1. The largest absolute Gasteiger partial charge is 0.475 e. The normalized spacial score (nSPS) is 10.3. The second-order valence-electron chi connectivity index (χ2n) is 4.02. The summed E-state index contributed by atoms with van der Waals surface area (Å²) < 4.78 is 10.5. The monoisotopic (exact) mass is 243 g/mol. The van der Waals surface area contributed by atoms with Gasteiger partial charge in [-0.3, -0.25) is 0 Å². The predicted molar refractivity (Wildman–Crippen MR) is 71.8 cm³/mol. The van der Waals surface area contributed by atoms with E-state index >= 15 is 0 Å². The van der Waals surface area contributed by atoms with Crippen LogP contribution >= 0.6 is 0 Å². The van der Waals surface area contributed by atoms with Gasteiger partial charge in [0.15, 0.2) is 0 Å². The molecule has 0 radical (unpaired) electrons. The Kier molecular flexibility index (Phi) is 4.31. The Hall–Kier alpha value is -1.87. The average Bonchev–Trinajstić information content (AvgIpc) is 2.42. The number of pyridine rings is 1. The maximum atomic E-state index is 5.53. The molecule has 3 nitrogen and oxygen atoms in total. The molecule has 0 aliphatic rings. The molecule has 0 spiro atoms. The van der Waals surface area contributed by atoms with Crippen LogP contribution in [0.25, 0.3) is 11.3 Å². The Bertz CT molecular complexity index is 497. The van der Waals surface area contributed by atoms with Crippen molar-refractivity contribution in [2.24, 2.45) is 0 Å². The van der Waals surface area contributed by atoms with E-state index in [0.717, 1.165) is 16.8 Å². The molecular weight excluding hydrogens is 226 g/mol. The molecule has 0 bridgehead atoms. The molecule has 2 aromatic rings. The van der Waals surface area contributed by atoms with Crippen LogP contribution in [0.5, 0.6) is 5.88 Å². The van der Waals surface area contributed by atoms with Gasteiger partial charge in [-0.1, -0.05) is 36.4 Å². The van der Waals surface area contributed by atoms with Crippen molar-refractivity contribution in [3.05, 3.63) is 48.0 Å². The summed E-state index contributed by atoms with van der Waals surface area (Å²) in [5.41, 5.74) is 3.21. The summed E-state index contributed by atoms with van der Waals surface area (Å²) in [6, 6.07) is 14.0. The van der Waals surface area contributed by atoms with Crippen molar-refractivity contribution in [1.29, 1.82) is 0 Å². The van der Waals surface area contributed by atoms with Crippen LogP contribution in [0.2, 0.25) is 0 Å². The van der Waals surface area contributed by atoms with Crippen LogP contribution in [0.4, 0.5) is 0 Å². The van der Waals surface area contributed by atoms with Crippen LogP contribution in [0.1, 0.15) is 5.56 Å². The van der Waals surface area contributed by atoms with Crippen molar-refractivity contribution in [2.75, 3.05) is 20.3 Å². The first-order valence-corrected chi connectivity index (χ1v) is 5.96.